The molecule has 2 aromatic heterocycles. The van der Waals surface area contributed by atoms with E-state index >= 15 is 0 Å². The van der Waals surface area contributed by atoms with E-state index in [0.29, 0.717) is 17.2 Å². The SMILES string of the molecule is Cc1nc(-c2ccc(C)c(C)c2)c2c(N)coc2n1. The highest BCUT2D eigenvalue weighted by atomic mass is 16.3. The number of hydrogen-bond acceptors (Lipinski definition) is 4. The highest BCUT2D eigenvalue weighted by Crippen LogP contribution is 2.32. The van der Waals surface area contributed by atoms with Crippen molar-refractivity contribution in [3.05, 3.63) is 41.4 Å². The summed E-state index contributed by atoms with van der Waals surface area (Å²) in [6, 6.07) is 6.25. The summed E-state index contributed by atoms with van der Waals surface area (Å²) in [5, 5.41) is 0.786. The molecule has 2 N–H and O–H groups in total. The Kier molecular flexibility index (Phi) is 2.52. The van der Waals surface area contributed by atoms with Gasteiger partial charge in [0.1, 0.15) is 12.1 Å². The fourth-order valence-corrected chi connectivity index (χ4v) is 2.17. The van der Waals surface area contributed by atoms with Crippen LogP contribution in [0.15, 0.2) is 28.9 Å². The number of benzene rings is 1. The summed E-state index contributed by atoms with van der Waals surface area (Å²) in [6.07, 6.45) is 1.52. The van der Waals surface area contributed by atoms with E-state index in [0.717, 1.165) is 16.6 Å². The van der Waals surface area contributed by atoms with E-state index in [9.17, 15) is 0 Å². The van der Waals surface area contributed by atoms with Gasteiger partial charge in [-0.25, -0.2) is 4.98 Å². The smallest absolute Gasteiger partial charge is 0.232 e. The van der Waals surface area contributed by atoms with Crippen molar-refractivity contribution in [2.24, 2.45) is 0 Å². The summed E-state index contributed by atoms with van der Waals surface area (Å²) < 4.78 is 5.37. The molecule has 0 fully saturated rings. The van der Waals surface area contributed by atoms with Crippen LogP contribution in [0, 0.1) is 20.8 Å². The highest BCUT2D eigenvalue weighted by molar-refractivity contribution is 5.98. The van der Waals surface area contributed by atoms with Crippen LogP contribution < -0.4 is 5.73 Å². The fourth-order valence-electron chi connectivity index (χ4n) is 2.17. The van der Waals surface area contributed by atoms with Crippen LogP contribution in [0.3, 0.4) is 0 Å². The average molecular weight is 253 g/mol. The zero-order chi connectivity index (χ0) is 13.6. The van der Waals surface area contributed by atoms with Crippen molar-refractivity contribution < 1.29 is 4.42 Å². The van der Waals surface area contributed by atoms with Crippen LogP contribution in [0.1, 0.15) is 17.0 Å². The molecule has 0 aliphatic rings. The molecule has 0 bridgehead atoms. The minimum atomic E-state index is 0.540. The first kappa shape index (κ1) is 11.7. The molecule has 19 heavy (non-hydrogen) atoms. The lowest BCUT2D eigenvalue weighted by Crippen LogP contribution is -1.95. The molecule has 1 aromatic carbocycles. The number of nitrogens with two attached hydrogens (primary N) is 1. The maximum Gasteiger partial charge on any atom is 0.232 e. The summed E-state index contributed by atoms with van der Waals surface area (Å²) in [4.78, 5) is 8.79. The van der Waals surface area contributed by atoms with Gasteiger partial charge in [-0.2, -0.15) is 4.98 Å². The van der Waals surface area contributed by atoms with Gasteiger partial charge in [0.15, 0.2) is 0 Å². The van der Waals surface area contributed by atoms with Gasteiger partial charge in [0, 0.05) is 5.56 Å². The van der Waals surface area contributed by atoms with Crippen LogP contribution in [0.4, 0.5) is 5.69 Å². The van der Waals surface area contributed by atoms with Gasteiger partial charge in [-0.3, -0.25) is 0 Å². The van der Waals surface area contributed by atoms with E-state index in [1.165, 1.54) is 17.4 Å². The van der Waals surface area contributed by atoms with Gasteiger partial charge < -0.3 is 10.2 Å². The first-order chi connectivity index (χ1) is 9.06. The van der Waals surface area contributed by atoms with Crippen LogP contribution >= 0.6 is 0 Å². The second-order valence-corrected chi connectivity index (χ2v) is 4.79. The Labute approximate surface area is 111 Å². The van der Waals surface area contributed by atoms with Gasteiger partial charge in [0.2, 0.25) is 5.71 Å². The Morgan fingerprint density at radius 2 is 1.84 bits per heavy atom. The second kappa shape index (κ2) is 4.09. The lowest BCUT2D eigenvalue weighted by Gasteiger charge is -2.07. The predicted octanol–water partition coefficient (Wildman–Crippen LogP) is 3.40. The number of nitrogens with zero attached hydrogens (tertiary/aromatic N) is 2. The zero-order valence-electron chi connectivity index (χ0n) is 11.2. The van der Waals surface area contributed by atoms with Crippen LogP contribution in [0.2, 0.25) is 0 Å². The third-order valence-electron chi connectivity index (χ3n) is 3.35. The molecule has 0 aliphatic carbocycles. The van der Waals surface area contributed by atoms with Crippen molar-refractivity contribution in [3.8, 4) is 11.3 Å². The van der Waals surface area contributed by atoms with Crippen molar-refractivity contribution in [3.63, 3.8) is 0 Å². The lowest BCUT2D eigenvalue weighted by atomic mass is 10.0. The molecule has 3 aromatic rings. The molecular weight excluding hydrogens is 238 g/mol. The number of aromatic nitrogens is 2. The largest absolute Gasteiger partial charge is 0.444 e. The van der Waals surface area contributed by atoms with Gasteiger partial charge in [-0.15, -0.1) is 0 Å². The van der Waals surface area contributed by atoms with Crippen molar-refractivity contribution >= 4 is 16.8 Å². The predicted molar refractivity (Wildman–Crippen MR) is 75.9 cm³/mol. The third kappa shape index (κ3) is 1.85. The van der Waals surface area contributed by atoms with Crippen LogP contribution in [0.5, 0.6) is 0 Å². The Balaban J connectivity index is 2.34. The molecule has 0 aliphatic heterocycles. The van der Waals surface area contributed by atoms with Gasteiger partial charge in [-0.05, 0) is 38.0 Å². The molecule has 0 spiro atoms. The Morgan fingerprint density at radius 3 is 2.58 bits per heavy atom. The molecule has 2 heterocycles. The van der Waals surface area contributed by atoms with Gasteiger partial charge in [0.05, 0.1) is 16.8 Å². The van der Waals surface area contributed by atoms with E-state index in [-0.39, 0.29) is 0 Å². The van der Waals surface area contributed by atoms with Gasteiger partial charge in [0.25, 0.3) is 0 Å². The van der Waals surface area contributed by atoms with E-state index in [1.54, 1.807) is 0 Å². The van der Waals surface area contributed by atoms with Crippen molar-refractivity contribution in [2.45, 2.75) is 20.8 Å². The molecule has 0 atom stereocenters. The molecule has 0 amide bonds. The maximum atomic E-state index is 5.96. The van der Waals surface area contributed by atoms with E-state index in [2.05, 4.69) is 42.0 Å². The summed E-state index contributed by atoms with van der Waals surface area (Å²) in [7, 11) is 0. The van der Waals surface area contributed by atoms with E-state index in [1.807, 2.05) is 6.92 Å². The first-order valence-corrected chi connectivity index (χ1v) is 6.15. The Bertz CT molecular complexity index is 774. The minimum Gasteiger partial charge on any atom is -0.444 e. The van der Waals surface area contributed by atoms with Crippen molar-refractivity contribution in [1.29, 1.82) is 0 Å². The number of hydrogen-bond donors (Lipinski definition) is 1. The summed E-state index contributed by atoms with van der Waals surface area (Å²) in [6.45, 7) is 6.03. The Hall–Kier alpha value is -2.36. The molecule has 4 nitrogen and oxygen atoms in total. The quantitative estimate of drug-likeness (QED) is 0.721. The summed E-state index contributed by atoms with van der Waals surface area (Å²) in [5.74, 6) is 0.676. The lowest BCUT2D eigenvalue weighted by molar-refractivity contribution is 0.602. The monoisotopic (exact) mass is 253 g/mol. The average Bonchev–Trinajstić information content (AvgIpc) is 2.73. The standard InChI is InChI=1S/C15H15N3O/c1-8-4-5-11(6-9(8)2)14-13-12(16)7-19-15(13)18-10(3)17-14/h4-7H,16H2,1-3H3. The molecule has 3 rings (SSSR count). The second-order valence-electron chi connectivity index (χ2n) is 4.79. The number of anilines is 1. The van der Waals surface area contributed by atoms with Crippen molar-refractivity contribution in [2.75, 3.05) is 5.73 Å². The first-order valence-electron chi connectivity index (χ1n) is 6.15. The molecule has 0 saturated carbocycles. The summed E-state index contributed by atoms with van der Waals surface area (Å²) in [5.41, 5.74) is 11.4. The molecule has 0 unspecified atom stereocenters. The molecule has 4 heteroatoms. The van der Waals surface area contributed by atoms with Gasteiger partial charge in [-0.1, -0.05) is 12.1 Å². The highest BCUT2D eigenvalue weighted by Gasteiger charge is 2.14. The minimum absolute atomic E-state index is 0.540. The van der Waals surface area contributed by atoms with E-state index < -0.39 is 0 Å². The number of aryl methyl sites for hydroxylation is 3. The number of nitrogen functional groups attached to an aromatic ring is 1. The number of furan rings is 1. The molecule has 96 valence electrons. The fraction of sp³-hybridized carbons (Fsp3) is 0.200. The Morgan fingerprint density at radius 1 is 1.05 bits per heavy atom. The molecular formula is C15H15N3O. The number of rotatable bonds is 1. The summed E-state index contributed by atoms with van der Waals surface area (Å²) >= 11 is 0. The number of fused-ring (bicyclic) bond motifs is 1. The van der Waals surface area contributed by atoms with Crippen LogP contribution in [-0.2, 0) is 0 Å². The third-order valence-corrected chi connectivity index (χ3v) is 3.35. The molecule has 0 saturated heterocycles. The van der Waals surface area contributed by atoms with Crippen molar-refractivity contribution in [1.82, 2.24) is 9.97 Å². The van der Waals surface area contributed by atoms with Gasteiger partial charge >= 0.3 is 0 Å². The molecule has 0 radical (unpaired) electrons. The maximum absolute atomic E-state index is 5.96. The van der Waals surface area contributed by atoms with Crippen LogP contribution in [-0.4, -0.2) is 9.97 Å². The van der Waals surface area contributed by atoms with E-state index in [4.69, 9.17) is 10.2 Å². The topological polar surface area (TPSA) is 64.9 Å². The zero-order valence-corrected chi connectivity index (χ0v) is 11.2. The normalized spacial score (nSPS) is 11.1. The van der Waals surface area contributed by atoms with Crippen LogP contribution in [0.25, 0.3) is 22.4 Å².